The van der Waals surface area contributed by atoms with E-state index in [0.717, 1.165) is 5.56 Å². The molecule has 0 amide bonds. The van der Waals surface area contributed by atoms with Crippen LogP contribution in [0.15, 0.2) is 36.7 Å². The summed E-state index contributed by atoms with van der Waals surface area (Å²) in [5, 5.41) is 3.89. The first kappa shape index (κ1) is 18.9. The summed E-state index contributed by atoms with van der Waals surface area (Å²) in [5.41, 5.74) is 0.735. The van der Waals surface area contributed by atoms with Crippen molar-refractivity contribution >= 4 is 27.4 Å². The number of benzene rings is 1. The van der Waals surface area contributed by atoms with Gasteiger partial charge in [-0.25, -0.2) is 22.7 Å². The summed E-state index contributed by atoms with van der Waals surface area (Å²) < 4.78 is 32.0. The molecular weight excluding hydrogens is 376 g/mol. The van der Waals surface area contributed by atoms with E-state index in [0.29, 0.717) is 42.7 Å². The van der Waals surface area contributed by atoms with Crippen molar-refractivity contribution in [2.75, 3.05) is 25.5 Å². The number of aromatic nitrogens is 2. The third-order valence-corrected chi connectivity index (χ3v) is 6.41. The van der Waals surface area contributed by atoms with Crippen molar-refractivity contribution in [3.63, 3.8) is 0 Å². The summed E-state index contributed by atoms with van der Waals surface area (Å²) in [6.45, 7) is 0.937. The first-order chi connectivity index (χ1) is 12.5. The van der Waals surface area contributed by atoms with Crippen LogP contribution in [0.3, 0.4) is 0 Å². The second kappa shape index (κ2) is 8.20. The van der Waals surface area contributed by atoms with Crippen LogP contribution < -0.4 is 10.1 Å². The average Bonchev–Trinajstić information content (AvgIpc) is 2.64. The third kappa shape index (κ3) is 4.63. The van der Waals surface area contributed by atoms with Crippen LogP contribution in [0.25, 0.3) is 0 Å². The van der Waals surface area contributed by atoms with Crippen LogP contribution in [0.5, 0.6) is 5.88 Å². The number of methoxy groups -OCH3 is 1. The Morgan fingerprint density at radius 2 is 1.85 bits per heavy atom. The minimum Gasteiger partial charge on any atom is -0.478 e. The highest BCUT2D eigenvalue weighted by Gasteiger charge is 2.28. The van der Waals surface area contributed by atoms with Gasteiger partial charge in [-0.15, -0.1) is 0 Å². The van der Waals surface area contributed by atoms with Crippen LogP contribution in [0.4, 0.5) is 5.82 Å². The van der Waals surface area contributed by atoms with Gasteiger partial charge < -0.3 is 10.1 Å². The zero-order valence-corrected chi connectivity index (χ0v) is 16.0. The van der Waals surface area contributed by atoms with E-state index in [1.165, 1.54) is 0 Å². The lowest BCUT2D eigenvalue weighted by molar-refractivity contribution is 0.327. The maximum absolute atomic E-state index is 12.6. The van der Waals surface area contributed by atoms with E-state index in [1.807, 2.05) is 0 Å². The predicted octanol–water partition coefficient (Wildman–Crippen LogP) is 2.54. The molecule has 140 valence electrons. The molecule has 3 rings (SSSR count). The number of anilines is 1. The van der Waals surface area contributed by atoms with Gasteiger partial charge in [0.25, 0.3) is 5.88 Å². The number of nitrogens with one attached hydrogen (secondary N) is 1. The minimum atomic E-state index is -3.35. The fraction of sp³-hybridized carbons (Fsp3) is 0.412. The fourth-order valence-corrected chi connectivity index (χ4v) is 4.62. The Morgan fingerprint density at radius 3 is 2.50 bits per heavy atom. The summed E-state index contributed by atoms with van der Waals surface area (Å²) in [4.78, 5) is 8.34. The Bertz CT molecular complexity index is 837. The molecule has 0 saturated carbocycles. The standard InChI is InChI=1S/C17H21ClN4O3S/c1-25-17-16(19-8-9-20-17)21-15-6-10-22(11-7-15)26(23,24)12-13-2-4-14(18)5-3-13/h2-5,8-9,15H,6-7,10-12H2,1H3,(H,19,21). The topological polar surface area (TPSA) is 84.4 Å². The van der Waals surface area contributed by atoms with Gasteiger partial charge in [-0.05, 0) is 30.5 Å². The molecule has 1 aromatic heterocycles. The van der Waals surface area contributed by atoms with E-state index in [-0.39, 0.29) is 11.8 Å². The molecule has 0 atom stereocenters. The van der Waals surface area contributed by atoms with Gasteiger partial charge >= 0.3 is 0 Å². The lowest BCUT2D eigenvalue weighted by Crippen LogP contribution is -2.42. The Hall–Kier alpha value is -1.90. The van der Waals surface area contributed by atoms with Gasteiger partial charge in [0.05, 0.1) is 12.9 Å². The van der Waals surface area contributed by atoms with Crippen LogP contribution in [0.2, 0.25) is 5.02 Å². The van der Waals surface area contributed by atoms with E-state index in [9.17, 15) is 8.42 Å². The number of sulfonamides is 1. The molecule has 0 aliphatic carbocycles. The second-order valence-electron chi connectivity index (χ2n) is 6.11. The Balaban J connectivity index is 1.58. The van der Waals surface area contributed by atoms with Crippen LogP contribution in [0.1, 0.15) is 18.4 Å². The van der Waals surface area contributed by atoms with E-state index in [1.54, 1.807) is 48.1 Å². The van der Waals surface area contributed by atoms with Gasteiger partial charge in [-0.3, -0.25) is 0 Å². The number of halogens is 1. The molecule has 1 aliphatic rings. The number of nitrogens with zero attached hydrogens (tertiary/aromatic N) is 3. The SMILES string of the molecule is COc1nccnc1NC1CCN(S(=O)(=O)Cc2ccc(Cl)cc2)CC1. The van der Waals surface area contributed by atoms with Crippen LogP contribution >= 0.6 is 11.6 Å². The highest BCUT2D eigenvalue weighted by molar-refractivity contribution is 7.88. The maximum Gasteiger partial charge on any atom is 0.257 e. The lowest BCUT2D eigenvalue weighted by Gasteiger charge is -2.32. The zero-order chi connectivity index (χ0) is 18.6. The molecule has 0 unspecified atom stereocenters. The van der Waals surface area contributed by atoms with Crippen molar-refractivity contribution < 1.29 is 13.2 Å². The highest BCUT2D eigenvalue weighted by Crippen LogP contribution is 2.23. The number of piperidine rings is 1. The van der Waals surface area contributed by atoms with Crippen molar-refractivity contribution in [2.45, 2.75) is 24.6 Å². The van der Waals surface area contributed by atoms with E-state index < -0.39 is 10.0 Å². The molecule has 1 saturated heterocycles. The smallest absolute Gasteiger partial charge is 0.257 e. The van der Waals surface area contributed by atoms with Crippen molar-refractivity contribution in [1.82, 2.24) is 14.3 Å². The Kier molecular flexibility index (Phi) is 5.95. The van der Waals surface area contributed by atoms with Crippen molar-refractivity contribution in [2.24, 2.45) is 0 Å². The zero-order valence-electron chi connectivity index (χ0n) is 14.4. The summed E-state index contributed by atoms with van der Waals surface area (Å²) in [7, 11) is -1.81. The molecule has 1 fully saturated rings. The average molecular weight is 397 g/mol. The van der Waals surface area contributed by atoms with Crippen molar-refractivity contribution in [3.05, 3.63) is 47.2 Å². The first-order valence-corrected chi connectivity index (χ1v) is 10.3. The van der Waals surface area contributed by atoms with Gasteiger partial charge in [-0.2, -0.15) is 0 Å². The van der Waals surface area contributed by atoms with Gasteiger partial charge in [0.15, 0.2) is 5.82 Å². The summed E-state index contributed by atoms with van der Waals surface area (Å²) in [6, 6.07) is 7.03. The molecule has 0 spiro atoms. The van der Waals surface area contributed by atoms with E-state index in [2.05, 4.69) is 15.3 Å². The van der Waals surface area contributed by atoms with E-state index >= 15 is 0 Å². The monoisotopic (exact) mass is 396 g/mol. The number of rotatable bonds is 6. The highest BCUT2D eigenvalue weighted by atomic mass is 35.5. The Morgan fingerprint density at radius 1 is 1.19 bits per heavy atom. The molecule has 1 aliphatic heterocycles. The maximum atomic E-state index is 12.6. The fourth-order valence-electron chi connectivity index (χ4n) is 2.93. The minimum absolute atomic E-state index is 0.0136. The molecule has 9 heteroatoms. The van der Waals surface area contributed by atoms with Gasteiger partial charge in [0, 0.05) is 36.5 Å². The molecule has 2 heterocycles. The molecule has 0 bridgehead atoms. The number of hydrogen-bond acceptors (Lipinski definition) is 6. The molecular formula is C17H21ClN4O3S. The number of hydrogen-bond donors (Lipinski definition) is 1. The van der Waals surface area contributed by atoms with Gasteiger partial charge in [-0.1, -0.05) is 23.7 Å². The van der Waals surface area contributed by atoms with Gasteiger partial charge in [0.2, 0.25) is 10.0 Å². The largest absolute Gasteiger partial charge is 0.478 e. The summed E-state index contributed by atoms with van der Waals surface area (Å²) in [6.07, 6.45) is 4.55. The Labute approximate surface area is 158 Å². The molecule has 1 aromatic carbocycles. The van der Waals surface area contributed by atoms with Gasteiger partial charge in [0.1, 0.15) is 0 Å². The van der Waals surface area contributed by atoms with Crippen LogP contribution in [0, 0.1) is 0 Å². The quantitative estimate of drug-likeness (QED) is 0.807. The van der Waals surface area contributed by atoms with Crippen LogP contribution in [-0.4, -0.2) is 48.9 Å². The van der Waals surface area contributed by atoms with Crippen molar-refractivity contribution in [1.29, 1.82) is 0 Å². The summed E-state index contributed by atoms with van der Waals surface area (Å²) in [5.74, 6) is 1.00. The molecule has 1 N–H and O–H groups in total. The third-order valence-electron chi connectivity index (χ3n) is 4.31. The molecule has 26 heavy (non-hydrogen) atoms. The molecule has 2 aromatic rings. The normalized spacial score (nSPS) is 16.4. The van der Waals surface area contributed by atoms with Crippen LogP contribution in [-0.2, 0) is 15.8 Å². The molecule has 7 nitrogen and oxygen atoms in total. The number of ether oxygens (including phenoxy) is 1. The molecule has 0 radical (unpaired) electrons. The summed E-state index contributed by atoms with van der Waals surface area (Å²) >= 11 is 5.85. The predicted molar refractivity (Wildman–Crippen MR) is 101 cm³/mol. The van der Waals surface area contributed by atoms with E-state index in [4.69, 9.17) is 16.3 Å². The second-order valence-corrected chi connectivity index (χ2v) is 8.52. The lowest BCUT2D eigenvalue weighted by atomic mass is 10.1. The van der Waals surface area contributed by atoms with Crippen molar-refractivity contribution in [3.8, 4) is 5.88 Å². The first-order valence-electron chi connectivity index (χ1n) is 8.32.